The highest BCUT2D eigenvalue weighted by molar-refractivity contribution is 5.95. The lowest BCUT2D eigenvalue weighted by molar-refractivity contribution is 0.1000. The van der Waals surface area contributed by atoms with Gasteiger partial charge in [0.05, 0.1) is 6.54 Å². The van der Waals surface area contributed by atoms with E-state index in [0.717, 1.165) is 0 Å². The average molecular weight is 317 g/mol. The van der Waals surface area contributed by atoms with Crippen LogP contribution in [0.4, 0.5) is 14.9 Å². The fraction of sp³-hybridized carbons (Fsp3) is 0.125. The summed E-state index contributed by atoms with van der Waals surface area (Å²) in [6, 6.07) is 11.5. The average Bonchev–Trinajstić information content (AvgIpc) is 2.53. The smallest absolute Gasteiger partial charge is 0.319 e. The fourth-order valence-electron chi connectivity index (χ4n) is 1.79. The van der Waals surface area contributed by atoms with E-state index >= 15 is 0 Å². The Morgan fingerprint density at radius 3 is 2.57 bits per heavy atom. The van der Waals surface area contributed by atoms with Crippen molar-refractivity contribution in [1.82, 2.24) is 5.32 Å². The van der Waals surface area contributed by atoms with Crippen LogP contribution in [-0.2, 0) is 0 Å². The molecule has 2 aromatic rings. The summed E-state index contributed by atoms with van der Waals surface area (Å²) in [5.74, 6) is -0.391. The molecule has 2 aromatic carbocycles. The number of primary amides is 1. The Morgan fingerprint density at radius 2 is 1.87 bits per heavy atom. The minimum atomic E-state index is -0.568. The van der Waals surface area contributed by atoms with Gasteiger partial charge < -0.3 is 21.1 Å². The minimum absolute atomic E-state index is 0.236. The van der Waals surface area contributed by atoms with Gasteiger partial charge in [0.15, 0.2) is 0 Å². The first-order valence-corrected chi connectivity index (χ1v) is 6.87. The minimum Gasteiger partial charge on any atom is -0.492 e. The molecule has 0 radical (unpaired) electrons. The van der Waals surface area contributed by atoms with E-state index in [1.165, 1.54) is 30.3 Å². The molecule has 0 aliphatic carbocycles. The lowest BCUT2D eigenvalue weighted by atomic mass is 10.2. The maximum atomic E-state index is 12.7. The number of urea groups is 1. The fourth-order valence-corrected chi connectivity index (χ4v) is 1.79. The maximum absolute atomic E-state index is 12.7. The summed E-state index contributed by atoms with van der Waals surface area (Å²) in [7, 11) is 0. The molecule has 0 unspecified atom stereocenters. The number of nitrogens with two attached hydrogens (primary N) is 1. The van der Waals surface area contributed by atoms with Crippen LogP contribution in [0.1, 0.15) is 10.4 Å². The Balaban J connectivity index is 1.74. The van der Waals surface area contributed by atoms with Gasteiger partial charge in [0.2, 0.25) is 5.91 Å². The zero-order valence-corrected chi connectivity index (χ0v) is 12.2. The van der Waals surface area contributed by atoms with Gasteiger partial charge in [-0.3, -0.25) is 4.79 Å². The predicted molar refractivity (Wildman–Crippen MR) is 83.9 cm³/mol. The van der Waals surface area contributed by atoms with Gasteiger partial charge in [-0.1, -0.05) is 6.07 Å². The molecule has 0 aromatic heterocycles. The van der Waals surface area contributed by atoms with Crippen molar-refractivity contribution >= 4 is 17.6 Å². The molecule has 0 saturated heterocycles. The number of amides is 3. The zero-order chi connectivity index (χ0) is 16.7. The first-order valence-electron chi connectivity index (χ1n) is 6.87. The molecule has 6 nitrogen and oxygen atoms in total. The van der Waals surface area contributed by atoms with Crippen LogP contribution in [0.2, 0.25) is 0 Å². The molecule has 0 saturated carbocycles. The van der Waals surface area contributed by atoms with Crippen LogP contribution in [0, 0.1) is 5.82 Å². The van der Waals surface area contributed by atoms with Crippen LogP contribution < -0.4 is 21.1 Å². The van der Waals surface area contributed by atoms with Crippen molar-refractivity contribution < 1.29 is 18.7 Å². The largest absolute Gasteiger partial charge is 0.492 e. The molecule has 0 fully saturated rings. The quantitative estimate of drug-likeness (QED) is 0.712. The van der Waals surface area contributed by atoms with Crippen molar-refractivity contribution in [2.75, 3.05) is 18.5 Å². The van der Waals surface area contributed by atoms with Crippen LogP contribution in [0.15, 0.2) is 48.5 Å². The van der Waals surface area contributed by atoms with Crippen LogP contribution in [0.5, 0.6) is 5.75 Å². The Bertz CT molecular complexity index is 689. The highest BCUT2D eigenvalue weighted by atomic mass is 19.1. The second-order valence-corrected chi connectivity index (χ2v) is 4.63. The van der Waals surface area contributed by atoms with Crippen LogP contribution in [0.25, 0.3) is 0 Å². The Morgan fingerprint density at radius 1 is 1.13 bits per heavy atom. The van der Waals surface area contributed by atoms with Crippen LogP contribution >= 0.6 is 0 Å². The van der Waals surface area contributed by atoms with Crippen LogP contribution in [-0.4, -0.2) is 25.1 Å². The first kappa shape index (κ1) is 16.3. The lowest BCUT2D eigenvalue weighted by Gasteiger charge is -2.09. The molecular formula is C16H16FN3O3. The molecule has 3 amide bonds. The van der Waals surface area contributed by atoms with Gasteiger partial charge in [0.1, 0.15) is 18.2 Å². The van der Waals surface area contributed by atoms with Crippen molar-refractivity contribution in [2.45, 2.75) is 0 Å². The number of hydrogen-bond acceptors (Lipinski definition) is 3. The number of carbonyl (C=O) groups is 2. The topological polar surface area (TPSA) is 93.5 Å². The van der Waals surface area contributed by atoms with Gasteiger partial charge >= 0.3 is 6.03 Å². The number of carbonyl (C=O) groups excluding carboxylic acids is 2. The number of hydrogen-bond donors (Lipinski definition) is 3. The van der Waals surface area contributed by atoms with Gasteiger partial charge in [0, 0.05) is 11.3 Å². The predicted octanol–water partition coefficient (Wildman–Crippen LogP) is 2.13. The van der Waals surface area contributed by atoms with Gasteiger partial charge in [-0.15, -0.1) is 0 Å². The first-order chi connectivity index (χ1) is 11.0. The summed E-state index contributed by atoms with van der Waals surface area (Å²) in [4.78, 5) is 22.8. The van der Waals surface area contributed by atoms with Crippen molar-refractivity contribution in [3.8, 4) is 5.75 Å². The number of rotatable bonds is 6. The Labute approximate surface area is 132 Å². The molecule has 2 rings (SSSR count). The van der Waals surface area contributed by atoms with E-state index < -0.39 is 11.9 Å². The number of nitrogens with one attached hydrogen (secondary N) is 2. The molecule has 0 spiro atoms. The highest BCUT2D eigenvalue weighted by Gasteiger charge is 2.04. The van der Waals surface area contributed by atoms with Crippen molar-refractivity contribution in [1.29, 1.82) is 0 Å². The zero-order valence-electron chi connectivity index (χ0n) is 12.2. The second-order valence-electron chi connectivity index (χ2n) is 4.63. The Hall–Kier alpha value is -3.09. The highest BCUT2D eigenvalue weighted by Crippen LogP contribution is 2.11. The van der Waals surface area contributed by atoms with E-state index in [4.69, 9.17) is 10.5 Å². The SMILES string of the molecule is NC(=O)c1cccc(NC(=O)NCCOc2ccc(F)cc2)c1. The van der Waals surface area contributed by atoms with E-state index in [-0.39, 0.29) is 19.0 Å². The summed E-state index contributed by atoms with van der Waals surface area (Å²) in [5.41, 5.74) is 5.93. The van der Waals surface area contributed by atoms with E-state index in [2.05, 4.69) is 10.6 Å². The molecule has 120 valence electrons. The third-order valence-corrected chi connectivity index (χ3v) is 2.87. The van der Waals surface area contributed by atoms with Crippen molar-refractivity contribution in [2.24, 2.45) is 5.73 Å². The van der Waals surface area contributed by atoms with Crippen LogP contribution in [0.3, 0.4) is 0 Å². The van der Waals surface area contributed by atoms with Gasteiger partial charge in [-0.2, -0.15) is 0 Å². The number of halogens is 1. The summed E-state index contributed by atoms with van der Waals surface area (Å²) < 4.78 is 18.1. The van der Waals surface area contributed by atoms with E-state index in [0.29, 0.717) is 17.0 Å². The summed E-state index contributed by atoms with van der Waals surface area (Å²) in [5, 5.41) is 5.18. The van der Waals surface area contributed by atoms with Gasteiger partial charge in [0.25, 0.3) is 0 Å². The summed E-state index contributed by atoms with van der Waals surface area (Å²) in [6.45, 7) is 0.499. The monoisotopic (exact) mass is 317 g/mol. The summed E-state index contributed by atoms with van der Waals surface area (Å²) in [6.07, 6.45) is 0. The van der Waals surface area contributed by atoms with Crippen molar-refractivity contribution in [3.05, 3.63) is 59.9 Å². The molecule has 0 aliphatic heterocycles. The van der Waals surface area contributed by atoms with E-state index in [1.807, 2.05) is 0 Å². The van der Waals surface area contributed by atoms with E-state index in [9.17, 15) is 14.0 Å². The third-order valence-electron chi connectivity index (χ3n) is 2.87. The maximum Gasteiger partial charge on any atom is 0.319 e. The van der Waals surface area contributed by atoms with Crippen molar-refractivity contribution in [3.63, 3.8) is 0 Å². The molecular weight excluding hydrogens is 301 g/mol. The third kappa shape index (κ3) is 5.31. The summed E-state index contributed by atoms with van der Waals surface area (Å²) >= 11 is 0. The molecule has 23 heavy (non-hydrogen) atoms. The molecule has 0 heterocycles. The van der Waals surface area contributed by atoms with Gasteiger partial charge in [-0.25, -0.2) is 9.18 Å². The Kier molecular flexibility index (Phi) is 5.51. The number of ether oxygens (including phenoxy) is 1. The molecule has 0 aliphatic rings. The molecule has 0 atom stereocenters. The number of benzene rings is 2. The molecule has 0 bridgehead atoms. The van der Waals surface area contributed by atoms with E-state index in [1.54, 1.807) is 18.2 Å². The molecule has 4 N–H and O–H groups in total. The normalized spacial score (nSPS) is 9.96. The standard InChI is InChI=1S/C16H16FN3O3/c17-12-4-6-14(7-5-12)23-9-8-19-16(22)20-13-3-1-2-11(10-13)15(18)21/h1-7,10H,8-9H2,(H2,18,21)(H2,19,20,22). The molecule has 7 heteroatoms. The van der Waals surface area contributed by atoms with Gasteiger partial charge in [-0.05, 0) is 42.5 Å². The number of anilines is 1. The lowest BCUT2D eigenvalue weighted by Crippen LogP contribution is -2.32. The second kappa shape index (κ2) is 7.79.